The van der Waals surface area contributed by atoms with Crippen molar-refractivity contribution in [2.45, 2.75) is 19.4 Å². The average molecular weight is 412 g/mol. The molecule has 1 aliphatic heterocycles. The lowest BCUT2D eigenvalue weighted by atomic mass is 10.0. The zero-order valence-corrected chi connectivity index (χ0v) is 16.3. The van der Waals surface area contributed by atoms with E-state index in [1.807, 2.05) is 31.2 Å². The topological polar surface area (TPSA) is 98.1 Å². The quantitative estimate of drug-likeness (QED) is 0.671. The summed E-state index contributed by atoms with van der Waals surface area (Å²) in [5, 5.41) is 10.2. The van der Waals surface area contributed by atoms with Gasteiger partial charge in [-0.2, -0.15) is 10.1 Å². The first kappa shape index (κ1) is 18.9. The maximum Gasteiger partial charge on any atom is 0.262 e. The van der Waals surface area contributed by atoms with E-state index in [0.29, 0.717) is 22.4 Å². The van der Waals surface area contributed by atoms with Crippen LogP contribution in [0.3, 0.4) is 0 Å². The number of benzene rings is 2. The minimum absolute atomic E-state index is 0.153. The lowest BCUT2D eigenvalue weighted by Gasteiger charge is -2.25. The van der Waals surface area contributed by atoms with Crippen molar-refractivity contribution >= 4 is 35.1 Å². The Morgan fingerprint density at radius 2 is 2.17 bits per heavy atom. The molecule has 0 aliphatic carbocycles. The fourth-order valence-electron chi connectivity index (χ4n) is 3.15. The van der Waals surface area contributed by atoms with E-state index in [1.54, 1.807) is 22.9 Å². The van der Waals surface area contributed by atoms with Crippen molar-refractivity contribution in [2.75, 3.05) is 17.2 Å². The standard InChI is InChI=1S/C20H18ClN5O3/c1-12-6-7-13(8-15(12)21)24-19(28)10-29-17-5-3-2-4-14(17)16-9-18(27)25-20-22-11-23-26(16)20/h2-8,11,16H,9-10H2,1H3,(H,24,28)(H,22,23,25,27)/t16-/m0/s1. The number of nitrogens with zero attached hydrogens (tertiary/aromatic N) is 3. The number of carbonyl (C=O) groups excluding carboxylic acids is 2. The summed E-state index contributed by atoms with van der Waals surface area (Å²) >= 11 is 6.09. The van der Waals surface area contributed by atoms with Gasteiger partial charge in [-0.25, -0.2) is 4.68 Å². The lowest BCUT2D eigenvalue weighted by Crippen LogP contribution is -2.29. The van der Waals surface area contributed by atoms with Crippen LogP contribution in [0.15, 0.2) is 48.8 Å². The number of amides is 2. The van der Waals surface area contributed by atoms with Crippen LogP contribution in [-0.4, -0.2) is 33.2 Å². The molecule has 148 valence electrons. The SMILES string of the molecule is Cc1ccc(NC(=O)COc2ccccc2[C@@H]2CC(=O)Nc3ncnn32)cc1Cl. The monoisotopic (exact) mass is 411 g/mol. The van der Waals surface area contributed by atoms with Gasteiger partial charge in [0.1, 0.15) is 12.1 Å². The summed E-state index contributed by atoms with van der Waals surface area (Å²) in [5.74, 6) is 0.419. The maximum atomic E-state index is 12.3. The van der Waals surface area contributed by atoms with Gasteiger partial charge in [0.05, 0.1) is 12.5 Å². The molecule has 0 fully saturated rings. The number of fused-ring (bicyclic) bond motifs is 1. The molecule has 1 aromatic heterocycles. The highest BCUT2D eigenvalue weighted by Gasteiger charge is 2.29. The number of aromatic nitrogens is 3. The summed E-state index contributed by atoms with van der Waals surface area (Å²) in [6.07, 6.45) is 1.59. The van der Waals surface area contributed by atoms with Gasteiger partial charge in [-0.15, -0.1) is 0 Å². The van der Waals surface area contributed by atoms with Crippen molar-refractivity contribution in [3.63, 3.8) is 0 Å². The van der Waals surface area contributed by atoms with E-state index in [-0.39, 0.29) is 30.9 Å². The molecule has 0 saturated heterocycles. The molecular formula is C20H18ClN5O3. The smallest absolute Gasteiger partial charge is 0.262 e. The zero-order valence-electron chi connectivity index (χ0n) is 15.6. The first-order valence-corrected chi connectivity index (χ1v) is 9.36. The van der Waals surface area contributed by atoms with Gasteiger partial charge in [0.25, 0.3) is 5.91 Å². The molecule has 0 spiro atoms. The van der Waals surface area contributed by atoms with Crippen molar-refractivity contribution in [1.29, 1.82) is 0 Å². The first-order chi connectivity index (χ1) is 14.0. The molecule has 1 atom stereocenters. The molecule has 2 N–H and O–H groups in total. The Morgan fingerprint density at radius 3 is 3.00 bits per heavy atom. The average Bonchev–Trinajstić information content (AvgIpc) is 3.17. The maximum absolute atomic E-state index is 12.3. The molecule has 2 amide bonds. The van der Waals surface area contributed by atoms with E-state index < -0.39 is 0 Å². The lowest BCUT2D eigenvalue weighted by molar-refractivity contribution is -0.118. The molecule has 29 heavy (non-hydrogen) atoms. The number of aryl methyl sites for hydroxylation is 1. The Morgan fingerprint density at radius 1 is 1.34 bits per heavy atom. The molecule has 2 heterocycles. The number of rotatable bonds is 5. The van der Waals surface area contributed by atoms with Crippen molar-refractivity contribution in [3.05, 3.63) is 64.9 Å². The molecule has 4 rings (SSSR count). The first-order valence-electron chi connectivity index (χ1n) is 8.98. The van der Waals surface area contributed by atoms with E-state index >= 15 is 0 Å². The Kier molecular flexibility index (Phi) is 5.18. The van der Waals surface area contributed by atoms with Crippen LogP contribution in [0.4, 0.5) is 11.6 Å². The molecule has 2 aromatic carbocycles. The van der Waals surface area contributed by atoms with Crippen LogP contribution in [0.1, 0.15) is 23.6 Å². The third-order valence-electron chi connectivity index (χ3n) is 4.59. The van der Waals surface area contributed by atoms with Gasteiger partial charge in [-0.05, 0) is 30.7 Å². The Labute approximate surface area is 171 Å². The number of carbonyl (C=O) groups is 2. The molecule has 0 saturated carbocycles. The van der Waals surface area contributed by atoms with Gasteiger partial charge >= 0.3 is 0 Å². The fraction of sp³-hybridized carbons (Fsp3) is 0.200. The van der Waals surface area contributed by atoms with Crippen LogP contribution >= 0.6 is 11.6 Å². The molecule has 9 heteroatoms. The minimum atomic E-state index is -0.364. The van der Waals surface area contributed by atoms with Gasteiger partial charge in [0.2, 0.25) is 11.9 Å². The van der Waals surface area contributed by atoms with Crippen LogP contribution in [0.5, 0.6) is 5.75 Å². The number of nitrogens with one attached hydrogen (secondary N) is 2. The van der Waals surface area contributed by atoms with Crippen molar-refractivity contribution < 1.29 is 14.3 Å². The summed E-state index contributed by atoms with van der Waals surface area (Å²) in [7, 11) is 0. The molecule has 8 nitrogen and oxygen atoms in total. The van der Waals surface area contributed by atoms with Crippen LogP contribution in [0.2, 0.25) is 5.02 Å². The third kappa shape index (κ3) is 4.07. The van der Waals surface area contributed by atoms with Gasteiger partial charge < -0.3 is 10.1 Å². The van der Waals surface area contributed by atoms with E-state index in [9.17, 15) is 9.59 Å². The zero-order chi connectivity index (χ0) is 20.4. The second-order valence-electron chi connectivity index (χ2n) is 6.63. The van der Waals surface area contributed by atoms with Gasteiger partial charge in [-0.3, -0.25) is 14.9 Å². The second-order valence-corrected chi connectivity index (χ2v) is 7.04. The third-order valence-corrected chi connectivity index (χ3v) is 5.00. The highest BCUT2D eigenvalue weighted by Crippen LogP contribution is 2.34. The summed E-state index contributed by atoms with van der Waals surface area (Å²) in [6.45, 7) is 1.70. The number of hydrogen-bond acceptors (Lipinski definition) is 5. The molecule has 3 aromatic rings. The predicted octanol–water partition coefficient (Wildman–Crippen LogP) is 3.19. The van der Waals surface area contributed by atoms with E-state index in [4.69, 9.17) is 16.3 Å². The second kappa shape index (κ2) is 7.92. The van der Waals surface area contributed by atoms with Crippen molar-refractivity contribution in [3.8, 4) is 5.75 Å². The molecule has 1 aliphatic rings. The normalized spacial score (nSPS) is 15.4. The number of ether oxygens (including phenoxy) is 1. The van der Waals surface area contributed by atoms with Crippen LogP contribution in [0.25, 0.3) is 0 Å². The Bertz CT molecular complexity index is 1080. The molecule has 0 radical (unpaired) electrons. The van der Waals surface area contributed by atoms with Crippen LogP contribution in [-0.2, 0) is 9.59 Å². The van der Waals surface area contributed by atoms with Gasteiger partial charge in [0.15, 0.2) is 6.61 Å². The summed E-state index contributed by atoms with van der Waals surface area (Å²) in [5.41, 5.74) is 2.28. The van der Waals surface area contributed by atoms with Crippen molar-refractivity contribution in [2.24, 2.45) is 0 Å². The van der Waals surface area contributed by atoms with Gasteiger partial charge in [-0.1, -0.05) is 35.9 Å². The number of halogens is 1. The van der Waals surface area contributed by atoms with E-state index in [0.717, 1.165) is 11.1 Å². The van der Waals surface area contributed by atoms with Crippen molar-refractivity contribution in [1.82, 2.24) is 14.8 Å². The largest absolute Gasteiger partial charge is 0.483 e. The number of hydrogen-bond donors (Lipinski definition) is 2. The number of anilines is 2. The molecule has 0 unspecified atom stereocenters. The summed E-state index contributed by atoms with van der Waals surface area (Å²) in [6, 6.07) is 12.2. The Balaban J connectivity index is 1.49. The van der Waals surface area contributed by atoms with Crippen LogP contribution < -0.4 is 15.4 Å². The highest BCUT2D eigenvalue weighted by atomic mass is 35.5. The highest BCUT2D eigenvalue weighted by molar-refractivity contribution is 6.31. The summed E-state index contributed by atoms with van der Waals surface area (Å²) < 4.78 is 7.40. The minimum Gasteiger partial charge on any atom is -0.483 e. The number of para-hydroxylation sites is 1. The predicted molar refractivity (Wildman–Crippen MR) is 108 cm³/mol. The molecular weight excluding hydrogens is 394 g/mol. The van der Waals surface area contributed by atoms with Gasteiger partial charge in [0, 0.05) is 16.3 Å². The van der Waals surface area contributed by atoms with E-state index in [2.05, 4.69) is 20.7 Å². The van der Waals surface area contributed by atoms with E-state index in [1.165, 1.54) is 6.33 Å². The molecule has 0 bridgehead atoms. The summed E-state index contributed by atoms with van der Waals surface area (Å²) in [4.78, 5) is 28.4. The van der Waals surface area contributed by atoms with Crippen LogP contribution in [0, 0.1) is 6.92 Å². The fourth-order valence-corrected chi connectivity index (χ4v) is 3.33. The Hall–Kier alpha value is -3.39.